The lowest BCUT2D eigenvalue weighted by Crippen LogP contribution is -2.32. The Labute approximate surface area is 85.4 Å². The summed E-state index contributed by atoms with van der Waals surface area (Å²) in [6.45, 7) is 4.17. The Morgan fingerprint density at radius 2 is 2.29 bits per heavy atom. The van der Waals surface area contributed by atoms with Crippen molar-refractivity contribution < 1.29 is 9.53 Å². The highest BCUT2D eigenvalue weighted by molar-refractivity contribution is 5.77. The van der Waals surface area contributed by atoms with Gasteiger partial charge in [0, 0.05) is 20.1 Å². The van der Waals surface area contributed by atoms with E-state index in [2.05, 4.69) is 6.92 Å². The number of hydrogen-bond donors (Lipinski definition) is 1. The lowest BCUT2D eigenvalue weighted by atomic mass is 10.3. The van der Waals surface area contributed by atoms with Crippen LogP contribution in [0.5, 0.6) is 0 Å². The Morgan fingerprint density at radius 3 is 2.79 bits per heavy atom. The zero-order chi connectivity index (χ0) is 10.6. The minimum atomic E-state index is 0.0533. The quantitative estimate of drug-likeness (QED) is 0.618. The SMILES string of the molecule is CC1CC1CN(C)C(=O)COCCN. The van der Waals surface area contributed by atoms with Gasteiger partial charge in [0.25, 0.3) is 0 Å². The predicted molar refractivity (Wildman–Crippen MR) is 54.8 cm³/mol. The summed E-state index contributed by atoms with van der Waals surface area (Å²) in [5.41, 5.74) is 5.25. The Bertz CT molecular complexity index is 197. The molecule has 0 aromatic rings. The summed E-state index contributed by atoms with van der Waals surface area (Å²) in [6.07, 6.45) is 1.25. The number of likely N-dealkylation sites (N-methyl/N-ethyl adjacent to an activating group) is 1. The predicted octanol–water partition coefficient (Wildman–Crippen LogP) is 0.0761. The first kappa shape index (κ1) is 11.5. The molecule has 2 atom stereocenters. The van der Waals surface area contributed by atoms with E-state index < -0.39 is 0 Å². The van der Waals surface area contributed by atoms with Gasteiger partial charge in [-0.3, -0.25) is 4.79 Å². The summed E-state index contributed by atoms with van der Waals surface area (Å²) in [5, 5.41) is 0. The van der Waals surface area contributed by atoms with E-state index in [1.54, 1.807) is 4.90 Å². The lowest BCUT2D eigenvalue weighted by molar-refractivity contribution is -0.134. The first-order chi connectivity index (χ1) is 6.65. The van der Waals surface area contributed by atoms with Crippen molar-refractivity contribution in [3.05, 3.63) is 0 Å². The van der Waals surface area contributed by atoms with Crippen LogP contribution in [0.15, 0.2) is 0 Å². The van der Waals surface area contributed by atoms with E-state index in [0.717, 1.165) is 12.5 Å². The fraction of sp³-hybridized carbons (Fsp3) is 0.900. The van der Waals surface area contributed by atoms with Gasteiger partial charge in [0.2, 0.25) is 5.91 Å². The number of hydrogen-bond acceptors (Lipinski definition) is 3. The van der Waals surface area contributed by atoms with Crippen molar-refractivity contribution in [2.45, 2.75) is 13.3 Å². The summed E-state index contributed by atoms with van der Waals surface area (Å²) in [7, 11) is 1.83. The average Bonchev–Trinajstić information content (AvgIpc) is 2.82. The zero-order valence-corrected chi connectivity index (χ0v) is 9.03. The molecular formula is C10H20N2O2. The number of ether oxygens (including phenoxy) is 1. The molecule has 0 bridgehead atoms. The molecule has 1 amide bonds. The van der Waals surface area contributed by atoms with Gasteiger partial charge in [0.15, 0.2) is 0 Å². The van der Waals surface area contributed by atoms with Crippen LogP contribution < -0.4 is 5.73 Å². The van der Waals surface area contributed by atoms with E-state index in [9.17, 15) is 4.79 Å². The summed E-state index contributed by atoms with van der Waals surface area (Å²) in [5.74, 6) is 1.55. The number of nitrogens with zero attached hydrogens (tertiary/aromatic N) is 1. The highest BCUT2D eigenvalue weighted by Crippen LogP contribution is 2.37. The van der Waals surface area contributed by atoms with Gasteiger partial charge in [-0.05, 0) is 18.3 Å². The maximum Gasteiger partial charge on any atom is 0.248 e. The summed E-state index contributed by atoms with van der Waals surface area (Å²) in [6, 6.07) is 0. The van der Waals surface area contributed by atoms with Crippen LogP contribution in [0.1, 0.15) is 13.3 Å². The molecule has 1 aliphatic rings. The van der Waals surface area contributed by atoms with E-state index in [0.29, 0.717) is 19.1 Å². The Hall–Kier alpha value is -0.610. The average molecular weight is 200 g/mol. The lowest BCUT2D eigenvalue weighted by Gasteiger charge is -2.16. The van der Waals surface area contributed by atoms with E-state index in [1.165, 1.54) is 6.42 Å². The molecule has 1 rings (SSSR count). The second-order valence-corrected chi connectivity index (χ2v) is 4.09. The maximum atomic E-state index is 11.4. The highest BCUT2D eigenvalue weighted by atomic mass is 16.5. The van der Waals surface area contributed by atoms with Crippen LogP contribution in [0, 0.1) is 11.8 Å². The van der Waals surface area contributed by atoms with Gasteiger partial charge in [-0.1, -0.05) is 6.92 Å². The van der Waals surface area contributed by atoms with Crippen LogP contribution in [-0.2, 0) is 9.53 Å². The first-order valence-electron chi connectivity index (χ1n) is 5.17. The number of amides is 1. The molecule has 0 aromatic heterocycles. The van der Waals surface area contributed by atoms with Crippen LogP contribution in [0.4, 0.5) is 0 Å². The monoisotopic (exact) mass is 200 g/mol. The minimum Gasteiger partial charge on any atom is -0.370 e. The van der Waals surface area contributed by atoms with Gasteiger partial charge in [-0.2, -0.15) is 0 Å². The summed E-state index contributed by atoms with van der Waals surface area (Å²) in [4.78, 5) is 13.2. The van der Waals surface area contributed by atoms with Crippen molar-refractivity contribution in [1.82, 2.24) is 4.90 Å². The van der Waals surface area contributed by atoms with Crippen LogP contribution in [0.3, 0.4) is 0 Å². The zero-order valence-electron chi connectivity index (χ0n) is 9.03. The molecule has 0 aromatic carbocycles. The number of rotatable bonds is 6. The molecule has 0 heterocycles. The molecule has 14 heavy (non-hydrogen) atoms. The third-order valence-electron chi connectivity index (χ3n) is 2.70. The van der Waals surface area contributed by atoms with Crippen molar-refractivity contribution in [2.24, 2.45) is 17.6 Å². The molecule has 1 aliphatic carbocycles. The molecule has 0 spiro atoms. The molecule has 4 heteroatoms. The summed E-state index contributed by atoms with van der Waals surface area (Å²) >= 11 is 0. The Kier molecular flexibility index (Phi) is 4.35. The molecule has 1 fully saturated rings. The Balaban J connectivity index is 2.09. The van der Waals surface area contributed by atoms with Gasteiger partial charge >= 0.3 is 0 Å². The van der Waals surface area contributed by atoms with Crippen molar-refractivity contribution in [3.8, 4) is 0 Å². The largest absolute Gasteiger partial charge is 0.370 e. The van der Waals surface area contributed by atoms with Gasteiger partial charge in [-0.15, -0.1) is 0 Å². The summed E-state index contributed by atoms with van der Waals surface area (Å²) < 4.78 is 5.08. The standard InChI is InChI=1S/C10H20N2O2/c1-8-5-9(8)6-12(2)10(13)7-14-4-3-11/h8-9H,3-7,11H2,1-2H3. The topological polar surface area (TPSA) is 55.6 Å². The van der Waals surface area contributed by atoms with Crippen LogP contribution >= 0.6 is 0 Å². The second-order valence-electron chi connectivity index (χ2n) is 4.09. The number of carbonyl (C=O) groups is 1. The van der Waals surface area contributed by atoms with E-state index in [1.807, 2.05) is 7.05 Å². The van der Waals surface area contributed by atoms with Crippen molar-refractivity contribution >= 4 is 5.91 Å². The van der Waals surface area contributed by atoms with Crippen molar-refractivity contribution in [3.63, 3.8) is 0 Å². The fourth-order valence-corrected chi connectivity index (χ4v) is 1.46. The van der Waals surface area contributed by atoms with Gasteiger partial charge in [0.05, 0.1) is 6.61 Å². The molecule has 2 N–H and O–H groups in total. The van der Waals surface area contributed by atoms with Crippen LogP contribution in [0.2, 0.25) is 0 Å². The molecule has 0 aliphatic heterocycles. The van der Waals surface area contributed by atoms with Gasteiger partial charge in [0.1, 0.15) is 6.61 Å². The Morgan fingerprint density at radius 1 is 1.64 bits per heavy atom. The molecule has 4 nitrogen and oxygen atoms in total. The third kappa shape index (κ3) is 3.64. The van der Waals surface area contributed by atoms with Crippen LogP contribution in [0.25, 0.3) is 0 Å². The van der Waals surface area contributed by atoms with E-state index >= 15 is 0 Å². The normalized spacial score (nSPS) is 24.8. The second kappa shape index (κ2) is 5.32. The molecular weight excluding hydrogens is 180 g/mol. The maximum absolute atomic E-state index is 11.4. The third-order valence-corrected chi connectivity index (χ3v) is 2.70. The minimum absolute atomic E-state index is 0.0533. The number of carbonyl (C=O) groups excluding carboxylic acids is 1. The van der Waals surface area contributed by atoms with Crippen molar-refractivity contribution in [2.75, 3.05) is 33.4 Å². The molecule has 0 radical (unpaired) electrons. The van der Waals surface area contributed by atoms with Crippen molar-refractivity contribution in [1.29, 1.82) is 0 Å². The molecule has 2 unspecified atom stereocenters. The van der Waals surface area contributed by atoms with E-state index in [4.69, 9.17) is 10.5 Å². The molecule has 0 saturated heterocycles. The van der Waals surface area contributed by atoms with Gasteiger partial charge < -0.3 is 15.4 Å². The first-order valence-corrected chi connectivity index (χ1v) is 5.17. The van der Waals surface area contributed by atoms with Crippen LogP contribution in [-0.4, -0.2) is 44.2 Å². The van der Waals surface area contributed by atoms with Gasteiger partial charge in [-0.25, -0.2) is 0 Å². The molecule has 1 saturated carbocycles. The fourth-order valence-electron chi connectivity index (χ4n) is 1.46. The molecule has 82 valence electrons. The van der Waals surface area contributed by atoms with E-state index in [-0.39, 0.29) is 12.5 Å². The smallest absolute Gasteiger partial charge is 0.248 e. The highest BCUT2D eigenvalue weighted by Gasteiger charge is 2.34. The number of nitrogens with two attached hydrogens (primary N) is 1.